The molecule has 0 spiro atoms. The molecule has 0 amide bonds. The molecule has 0 aromatic heterocycles. The molecule has 1 fully saturated rings. The van der Waals surface area contributed by atoms with Crippen LogP contribution < -0.4 is 0 Å². The predicted molar refractivity (Wildman–Crippen MR) is 86.4 cm³/mol. The van der Waals surface area contributed by atoms with Crippen molar-refractivity contribution in [1.82, 2.24) is 0 Å². The zero-order valence-corrected chi connectivity index (χ0v) is 13.8. The van der Waals surface area contributed by atoms with E-state index in [1.807, 2.05) is 0 Å². The quantitative estimate of drug-likeness (QED) is 0.309. The fourth-order valence-corrected chi connectivity index (χ4v) is 3.88. The second kappa shape index (κ2) is 11.0. The number of carbonyl (C=O) groups excluding carboxylic acids is 1. The summed E-state index contributed by atoms with van der Waals surface area (Å²) in [5.74, 6) is 8.66. The summed E-state index contributed by atoms with van der Waals surface area (Å²) in [6.45, 7) is 4.28. The molecule has 0 aliphatic carbocycles. The first-order chi connectivity index (χ1) is 9.77. The third kappa shape index (κ3) is 7.16. The minimum atomic E-state index is -0.341. The Kier molecular flexibility index (Phi) is 9.52. The van der Waals surface area contributed by atoms with Crippen molar-refractivity contribution in [1.29, 1.82) is 0 Å². The minimum Gasteiger partial charge on any atom is -0.472 e. The second-order valence-corrected chi connectivity index (χ2v) is 6.63. The van der Waals surface area contributed by atoms with E-state index in [-0.39, 0.29) is 12.6 Å². The van der Waals surface area contributed by atoms with Crippen LogP contribution in [0.15, 0.2) is 10.00 Å². The zero-order chi connectivity index (χ0) is 14.6. The smallest absolute Gasteiger partial charge is 0.344 e. The van der Waals surface area contributed by atoms with Gasteiger partial charge in [0.25, 0.3) is 0 Å². The minimum absolute atomic E-state index is 0.0581. The first-order valence-corrected chi connectivity index (χ1v) is 9.02. The van der Waals surface area contributed by atoms with Gasteiger partial charge in [-0.25, -0.2) is 4.79 Å². The highest BCUT2D eigenvalue weighted by atomic mass is 32.2. The monoisotopic (exact) mass is 314 g/mol. The highest BCUT2D eigenvalue weighted by molar-refractivity contribution is 8.25. The maximum Gasteiger partial charge on any atom is 0.344 e. The van der Waals surface area contributed by atoms with Crippen LogP contribution in [-0.2, 0) is 14.3 Å². The molecule has 3 nitrogen and oxygen atoms in total. The van der Waals surface area contributed by atoms with Gasteiger partial charge in [0.15, 0.2) is 12.4 Å². The maximum absolute atomic E-state index is 11.3. The van der Waals surface area contributed by atoms with Crippen LogP contribution in [0.25, 0.3) is 0 Å². The van der Waals surface area contributed by atoms with Gasteiger partial charge in [0.2, 0.25) is 0 Å². The van der Waals surface area contributed by atoms with E-state index < -0.39 is 0 Å². The van der Waals surface area contributed by atoms with Gasteiger partial charge in [-0.3, -0.25) is 0 Å². The van der Waals surface area contributed by atoms with Gasteiger partial charge in [-0.2, -0.15) is 0 Å². The molecule has 0 bridgehead atoms. The van der Waals surface area contributed by atoms with Gasteiger partial charge >= 0.3 is 5.97 Å². The number of hydrogen-bond acceptors (Lipinski definition) is 5. The van der Waals surface area contributed by atoms with Crippen molar-refractivity contribution in [3.05, 3.63) is 10.00 Å². The van der Waals surface area contributed by atoms with E-state index in [1.165, 1.54) is 12.8 Å². The van der Waals surface area contributed by atoms with Gasteiger partial charge in [-0.1, -0.05) is 25.7 Å². The molecule has 20 heavy (non-hydrogen) atoms. The number of carbonyl (C=O) groups is 1. The Labute approximate surface area is 130 Å². The molecule has 0 aromatic rings. The lowest BCUT2D eigenvalue weighted by molar-refractivity contribution is -0.146. The number of esters is 1. The summed E-state index contributed by atoms with van der Waals surface area (Å²) in [5.41, 5.74) is 0. The highest BCUT2D eigenvalue weighted by Gasteiger charge is 2.15. The van der Waals surface area contributed by atoms with Gasteiger partial charge in [0.05, 0.1) is 10.8 Å². The fourth-order valence-electron chi connectivity index (χ4n) is 1.53. The average molecular weight is 314 g/mol. The molecule has 0 atom stereocenters. The van der Waals surface area contributed by atoms with E-state index in [2.05, 4.69) is 18.8 Å². The molecule has 5 heteroatoms. The molecule has 1 aliphatic rings. The lowest BCUT2D eigenvalue weighted by Crippen LogP contribution is -2.12. The number of rotatable bonds is 7. The molecule has 0 saturated carbocycles. The van der Waals surface area contributed by atoms with Crippen molar-refractivity contribution in [2.45, 2.75) is 39.5 Å². The summed E-state index contributed by atoms with van der Waals surface area (Å²) in [5, 5.41) is 0. The van der Waals surface area contributed by atoms with Crippen LogP contribution in [0, 0.1) is 11.8 Å². The molecule has 0 N–H and O–H groups in total. The average Bonchev–Trinajstić information content (AvgIpc) is 2.96. The molecule has 0 aromatic carbocycles. The largest absolute Gasteiger partial charge is 0.472 e. The zero-order valence-electron chi connectivity index (χ0n) is 12.2. The third-order valence-electron chi connectivity index (χ3n) is 2.48. The lowest BCUT2D eigenvalue weighted by atomic mass is 10.2. The van der Waals surface area contributed by atoms with E-state index >= 15 is 0 Å². The number of thioether (sulfide) groups is 2. The number of ether oxygens (including phenoxy) is 2. The predicted octanol–water partition coefficient (Wildman–Crippen LogP) is 3.80. The van der Waals surface area contributed by atoms with Crippen molar-refractivity contribution in [2.75, 3.05) is 24.7 Å². The molecule has 112 valence electrons. The van der Waals surface area contributed by atoms with E-state index in [1.54, 1.807) is 30.4 Å². The Hall–Kier alpha value is -0.730. The summed E-state index contributed by atoms with van der Waals surface area (Å²) in [6, 6.07) is 0. The van der Waals surface area contributed by atoms with Crippen LogP contribution in [0.3, 0.4) is 0 Å². The second-order valence-electron chi connectivity index (χ2n) is 4.17. The SMILES string of the molecule is CCCCCC#CC(OCC(=O)OCC)=C1SCCS1. The first-order valence-electron chi connectivity index (χ1n) is 7.05. The van der Waals surface area contributed by atoms with Gasteiger partial charge in [0.1, 0.15) is 0 Å². The van der Waals surface area contributed by atoms with Gasteiger partial charge in [-0.05, 0) is 19.3 Å². The summed E-state index contributed by atoms with van der Waals surface area (Å²) < 4.78 is 11.5. The van der Waals surface area contributed by atoms with Crippen molar-refractivity contribution in [3.8, 4) is 11.8 Å². The van der Waals surface area contributed by atoms with Crippen LogP contribution in [0.1, 0.15) is 39.5 Å². The molecule has 0 unspecified atom stereocenters. The van der Waals surface area contributed by atoms with Crippen LogP contribution in [0.4, 0.5) is 0 Å². The molecular formula is C15H22O3S2. The van der Waals surface area contributed by atoms with Crippen molar-refractivity contribution >= 4 is 29.5 Å². The standard InChI is InChI=1S/C15H22O3S2/c1-3-5-6-7-8-9-13(15-19-10-11-20-15)18-12-14(16)17-4-2/h3-7,10-12H2,1-2H3. The van der Waals surface area contributed by atoms with E-state index in [9.17, 15) is 4.79 Å². The van der Waals surface area contributed by atoms with Crippen LogP contribution in [0.5, 0.6) is 0 Å². The van der Waals surface area contributed by atoms with Crippen molar-refractivity contribution in [2.24, 2.45) is 0 Å². The van der Waals surface area contributed by atoms with Crippen molar-refractivity contribution in [3.63, 3.8) is 0 Å². The molecular weight excluding hydrogens is 292 g/mol. The molecule has 1 heterocycles. The van der Waals surface area contributed by atoms with E-state index in [0.29, 0.717) is 12.4 Å². The summed E-state index contributed by atoms with van der Waals surface area (Å²) in [7, 11) is 0. The Balaban J connectivity index is 2.53. The summed E-state index contributed by atoms with van der Waals surface area (Å²) >= 11 is 3.49. The number of allylic oxidation sites excluding steroid dienone is 1. The van der Waals surface area contributed by atoms with Gasteiger partial charge in [-0.15, -0.1) is 23.5 Å². The molecule has 1 rings (SSSR count). The third-order valence-corrected chi connectivity index (χ3v) is 5.16. The Morgan fingerprint density at radius 2 is 1.95 bits per heavy atom. The first kappa shape index (κ1) is 17.3. The van der Waals surface area contributed by atoms with E-state index in [0.717, 1.165) is 28.6 Å². The Bertz CT molecular complexity index is 386. The Morgan fingerprint density at radius 3 is 2.60 bits per heavy atom. The summed E-state index contributed by atoms with van der Waals surface area (Å²) in [6.07, 6.45) is 4.39. The number of hydrogen-bond donors (Lipinski definition) is 0. The van der Waals surface area contributed by atoms with Gasteiger partial charge < -0.3 is 9.47 Å². The molecule has 1 saturated heterocycles. The van der Waals surface area contributed by atoms with Crippen LogP contribution in [-0.4, -0.2) is 30.7 Å². The topological polar surface area (TPSA) is 35.5 Å². The highest BCUT2D eigenvalue weighted by Crippen LogP contribution is 2.38. The Morgan fingerprint density at radius 1 is 1.20 bits per heavy atom. The van der Waals surface area contributed by atoms with E-state index in [4.69, 9.17) is 9.47 Å². The maximum atomic E-state index is 11.3. The lowest BCUT2D eigenvalue weighted by Gasteiger charge is -2.07. The van der Waals surface area contributed by atoms with Crippen LogP contribution in [0.2, 0.25) is 0 Å². The fraction of sp³-hybridized carbons (Fsp3) is 0.667. The van der Waals surface area contributed by atoms with Gasteiger partial charge in [0, 0.05) is 17.9 Å². The number of unbranched alkanes of at least 4 members (excludes halogenated alkanes) is 3. The summed E-state index contributed by atoms with van der Waals surface area (Å²) in [4.78, 5) is 11.3. The molecule has 0 radical (unpaired) electrons. The normalized spacial score (nSPS) is 13.6. The molecule has 1 aliphatic heterocycles. The van der Waals surface area contributed by atoms with Crippen LogP contribution >= 0.6 is 23.5 Å². The van der Waals surface area contributed by atoms with Crippen molar-refractivity contribution < 1.29 is 14.3 Å².